The van der Waals surface area contributed by atoms with E-state index in [1.54, 1.807) is 6.07 Å². The van der Waals surface area contributed by atoms with Gasteiger partial charge in [0.1, 0.15) is 16.5 Å². The Morgan fingerprint density at radius 2 is 1.41 bits per heavy atom. The second kappa shape index (κ2) is 7.87. The van der Waals surface area contributed by atoms with Crippen LogP contribution < -0.4 is 0 Å². The maximum atomic E-state index is 13.0. The average Bonchev–Trinajstić information content (AvgIpc) is 2.59. The molecule has 0 aromatic heterocycles. The Morgan fingerprint density at radius 3 is 1.97 bits per heavy atom. The van der Waals surface area contributed by atoms with E-state index in [9.17, 15) is 23.2 Å². The van der Waals surface area contributed by atoms with E-state index in [0.717, 1.165) is 12.1 Å². The first-order valence-electron chi connectivity index (χ1n) is 7.89. The lowest BCUT2D eigenvalue weighted by Crippen LogP contribution is -2.38. The van der Waals surface area contributed by atoms with E-state index in [4.69, 9.17) is 46.4 Å². The summed E-state index contributed by atoms with van der Waals surface area (Å²) in [6.45, 7) is 0. The van der Waals surface area contributed by atoms with Gasteiger partial charge in [-0.2, -0.15) is 8.42 Å². The Labute approximate surface area is 186 Å². The fourth-order valence-electron chi connectivity index (χ4n) is 3.22. The number of aromatic hydroxyl groups is 2. The Balaban J connectivity index is 2.61. The molecule has 3 aromatic rings. The number of phenolic OH excluding ortho intramolecular Hbond substituents is 2. The number of benzene rings is 3. The molecule has 0 amide bonds. The van der Waals surface area contributed by atoms with Crippen LogP contribution in [-0.4, -0.2) is 23.2 Å². The summed E-state index contributed by atoms with van der Waals surface area (Å²) in [5, 5.41) is 19.9. The third-order valence-corrected chi connectivity index (χ3v) is 7.15. The van der Waals surface area contributed by atoms with Gasteiger partial charge < -0.3 is 10.2 Å². The van der Waals surface area contributed by atoms with E-state index in [-0.39, 0.29) is 42.5 Å². The Hall–Kier alpha value is -1.67. The van der Waals surface area contributed by atoms with Crippen LogP contribution in [0, 0.1) is 0 Å². The van der Waals surface area contributed by atoms with E-state index >= 15 is 0 Å². The molecule has 0 radical (unpaired) electrons. The second-order valence-corrected chi connectivity index (χ2v) is 9.32. The number of phenols is 2. The quantitative estimate of drug-likeness (QED) is 0.311. The van der Waals surface area contributed by atoms with Crippen molar-refractivity contribution in [3.05, 3.63) is 91.4 Å². The summed E-state index contributed by atoms with van der Waals surface area (Å²) >= 11 is 24.3. The van der Waals surface area contributed by atoms with E-state index in [2.05, 4.69) is 0 Å². The van der Waals surface area contributed by atoms with Crippen LogP contribution in [-0.2, 0) is 14.9 Å². The van der Waals surface area contributed by atoms with Crippen molar-refractivity contribution in [2.75, 3.05) is 0 Å². The molecule has 1 unspecified atom stereocenters. The van der Waals surface area contributed by atoms with Crippen LogP contribution in [0.1, 0.15) is 16.7 Å². The van der Waals surface area contributed by atoms with Gasteiger partial charge in [-0.1, -0.05) is 64.6 Å². The molecule has 3 aromatic carbocycles. The molecule has 0 spiro atoms. The van der Waals surface area contributed by atoms with Crippen LogP contribution >= 0.6 is 46.4 Å². The number of rotatable bonds is 4. The van der Waals surface area contributed by atoms with Gasteiger partial charge in [-0.05, 0) is 47.5 Å². The molecule has 3 rings (SSSR count). The summed E-state index contributed by atoms with van der Waals surface area (Å²) in [4.78, 5) is 0. The molecule has 3 N–H and O–H groups in total. The highest BCUT2D eigenvalue weighted by Gasteiger charge is 2.50. The van der Waals surface area contributed by atoms with E-state index in [1.165, 1.54) is 36.4 Å². The van der Waals surface area contributed by atoms with Crippen LogP contribution in [0.3, 0.4) is 0 Å². The minimum absolute atomic E-state index is 0.00404. The van der Waals surface area contributed by atoms with Gasteiger partial charge in [0.25, 0.3) is 10.1 Å². The Morgan fingerprint density at radius 1 is 0.793 bits per heavy atom. The van der Waals surface area contributed by atoms with Crippen molar-refractivity contribution in [3.8, 4) is 11.5 Å². The summed E-state index contributed by atoms with van der Waals surface area (Å²) in [5.41, 5.74) is -0.346. The molecule has 0 aliphatic rings. The summed E-state index contributed by atoms with van der Waals surface area (Å²) in [7, 11) is -5.06. The van der Waals surface area contributed by atoms with Crippen LogP contribution in [0.15, 0.2) is 54.6 Å². The number of halogens is 4. The van der Waals surface area contributed by atoms with Crippen molar-refractivity contribution in [2.45, 2.75) is 4.75 Å². The zero-order chi connectivity index (χ0) is 21.6. The Bertz CT molecular complexity index is 1170. The summed E-state index contributed by atoms with van der Waals surface area (Å²) in [5.74, 6) is -0.864. The lowest BCUT2D eigenvalue weighted by Gasteiger charge is -2.33. The largest absolute Gasteiger partial charge is 0.508 e. The third kappa shape index (κ3) is 3.77. The summed E-state index contributed by atoms with van der Waals surface area (Å²) < 4.78 is 34.0. The molecule has 5 nitrogen and oxygen atoms in total. The average molecular weight is 494 g/mol. The molecule has 0 aliphatic carbocycles. The van der Waals surface area contributed by atoms with Gasteiger partial charge in [0.05, 0.1) is 5.02 Å². The molecule has 0 saturated heterocycles. The molecular formula is C19H12Cl4O5S. The summed E-state index contributed by atoms with van der Waals surface area (Å²) in [6, 6.07) is 11.7. The molecule has 29 heavy (non-hydrogen) atoms. The predicted octanol–water partition coefficient (Wildman–Crippen LogP) is 5.89. The van der Waals surface area contributed by atoms with Gasteiger partial charge in [0.15, 0.2) is 4.75 Å². The monoisotopic (exact) mass is 492 g/mol. The topological polar surface area (TPSA) is 94.8 Å². The fraction of sp³-hybridized carbons (Fsp3) is 0.0526. The highest BCUT2D eigenvalue weighted by molar-refractivity contribution is 7.87. The molecule has 152 valence electrons. The first-order valence-corrected chi connectivity index (χ1v) is 10.8. The van der Waals surface area contributed by atoms with Crippen molar-refractivity contribution in [2.24, 2.45) is 0 Å². The summed E-state index contributed by atoms with van der Waals surface area (Å²) in [6.07, 6.45) is 0. The predicted molar refractivity (Wildman–Crippen MR) is 114 cm³/mol. The van der Waals surface area contributed by atoms with Gasteiger partial charge >= 0.3 is 0 Å². The Kier molecular flexibility index (Phi) is 5.98. The van der Waals surface area contributed by atoms with Crippen molar-refractivity contribution in [1.82, 2.24) is 0 Å². The van der Waals surface area contributed by atoms with E-state index < -0.39 is 20.6 Å². The minimum atomic E-state index is -5.06. The zero-order valence-electron chi connectivity index (χ0n) is 14.3. The van der Waals surface area contributed by atoms with Crippen LogP contribution in [0.4, 0.5) is 0 Å². The minimum Gasteiger partial charge on any atom is -0.508 e. The first-order chi connectivity index (χ1) is 13.5. The maximum Gasteiger partial charge on any atom is 0.283 e. The highest BCUT2D eigenvalue weighted by atomic mass is 35.5. The normalized spacial score (nSPS) is 13.8. The smallest absolute Gasteiger partial charge is 0.283 e. The molecule has 0 aliphatic heterocycles. The molecule has 0 saturated carbocycles. The van der Waals surface area contributed by atoms with Gasteiger partial charge in [0.2, 0.25) is 0 Å². The van der Waals surface area contributed by atoms with Crippen LogP contribution in [0.5, 0.6) is 11.5 Å². The van der Waals surface area contributed by atoms with Crippen molar-refractivity contribution < 1.29 is 23.2 Å². The molecule has 10 heteroatoms. The molecule has 0 bridgehead atoms. The molecule has 1 atom stereocenters. The van der Waals surface area contributed by atoms with Gasteiger partial charge in [0, 0.05) is 15.6 Å². The second-order valence-electron chi connectivity index (χ2n) is 6.13. The van der Waals surface area contributed by atoms with Crippen molar-refractivity contribution >= 4 is 56.5 Å². The van der Waals surface area contributed by atoms with Crippen molar-refractivity contribution in [3.63, 3.8) is 0 Å². The zero-order valence-corrected chi connectivity index (χ0v) is 18.1. The van der Waals surface area contributed by atoms with Crippen LogP contribution in [0.25, 0.3) is 0 Å². The lowest BCUT2D eigenvalue weighted by molar-refractivity contribution is 0.455. The molecule has 0 heterocycles. The third-order valence-electron chi connectivity index (χ3n) is 4.34. The van der Waals surface area contributed by atoms with Gasteiger partial charge in [-0.3, -0.25) is 4.55 Å². The number of hydrogen-bond donors (Lipinski definition) is 3. The fourth-order valence-corrected chi connectivity index (χ4v) is 5.39. The lowest BCUT2D eigenvalue weighted by atomic mass is 9.83. The van der Waals surface area contributed by atoms with Crippen LogP contribution in [0.2, 0.25) is 20.1 Å². The standard InChI is InChI=1S/C19H12Cl4O5S/c20-12-5-10(6-13(24)9-12)19(29(26,27)28,14-3-1-2-4-15(14)21)11-7-16(22)18(23)17(25)8-11/h1-9,24-25H,(H,26,27,28). The SMILES string of the molecule is O=S(=O)(O)C(c1cc(O)cc(Cl)c1)(c1cc(O)c(Cl)c(Cl)c1)c1ccccc1Cl. The molecule has 0 fully saturated rings. The number of hydrogen-bond acceptors (Lipinski definition) is 4. The van der Waals surface area contributed by atoms with Gasteiger partial charge in [-0.25, -0.2) is 0 Å². The van der Waals surface area contributed by atoms with Crippen molar-refractivity contribution in [1.29, 1.82) is 0 Å². The van der Waals surface area contributed by atoms with Gasteiger partial charge in [-0.15, -0.1) is 0 Å². The highest BCUT2D eigenvalue weighted by Crippen LogP contribution is 2.49. The molecular weight excluding hydrogens is 482 g/mol. The maximum absolute atomic E-state index is 13.0. The van der Waals surface area contributed by atoms with E-state index in [0.29, 0.717) is 0 Å². The first kappa shape index (κ1) is 22.0. The van der Waals surface area contributed by atoms with E-state index in [1.807, 2.05) is 0 Å².